The van der Waals surface area contributed by atoms with Crippen molar-refractivity contribution in [3.63, 3.8) is 0 Å². The standard InChI is InChI=1S/C19H22ClNO3/c1-12-5-10-18(23-4)17(11-12)13(2)21-19(22)14(3)24-16-8-6-15(20)7-9-16/h5-11,13-14H,1-4H3,(H,21,22). The number of amides is 1. The molecule has 0 radical (unpaired) electrons. The molecule has 0 spiro atoms. The van der Waals surface area contributed by atoms with Gasteiger partial charge in [-0.2, -0.15) is 0 Å². The van der Waals surface area contributed by atoms with E-state index in [9.17, 15) is 4.79 Å². The van der Waals surface area contributed by atoms with Crippen LogP contribution in [0.15, 0.2) is 42.5 Å². The number of nitrogens with one attached hydrogen (secondary N) is 1. The first-order chi connectivity index (χ1) is 11.4. The van der Waals surface area contributed by atoms with E-state index in [2.05, 4.69) is 5.32 Å². The van der Waals surface area contributed by atoms with E-state index >= 15 is 0 Å². The number of benzene rings is 2. The Morgan fingerprint density at radius 1 is 1.12 bits per heavy atom. The van der Waals surface area contributed by atoms with Crippen LogP contribution in [0.5, 0.6) is 11.5 Å². The van der Waals surface area contributed by atoms with E-state index in [1.165, 1.54) is 0 Å². The maximum atomic E-state index is 12.4. The molecule has 1 amide bonds. The van der Waals surface area contributed by atoms with Gasteiger partial charge in [-0.1, -0.05) is 29.3 Å². The normalized spacial score (nSPS) is 13.0. The summed E-state index contributed by atoms with van der Waals surface area (Å²) in [5.74, 6) is 1.16. The molecule has 0 fully saturated rings. The maximum Gasteiger partial charge on any atom is 0.261 e. The van der Waals surface area contributed by atoms with Crippen LogP contribution in [0.25, 0.3) is 0 Å². The molecule has 2 aromatic rings. The van der Waals surface area contributed by atoms with Crippen LogP contribution in [0, 0.1) is 6.92 Å². The van der Waals surface area contributed by atoms with E-state index in [1.54, 1.807) is 38.3 Å². The topological polar surface area (TPSA) is 47.6 Å². The smallest absolute Gasteiger partial charge is 0.261 e. The van der Waals surface area contributed by atoms with E-state index in [-0.39, 0.29) is 11.9 Å². The van der Waals surface area contributed by atoms with Gasteiger partial charge in [0.2, 0.25) is 0 Å². The van der Waals surface area contributed by atoms with Gasteiger partial charge in [0.25, 0.3) is 5.91 Å². The van der Waals surface area contributed by atoms with E-state index in [0.717, 1.165) is 16.9 Å². The molecule has 0 aromatic heterocycles. The summed E-state index contributed by atoms with van der Waals surface area (Å²) in [4.78, 5) is 12.4. The quantitative estimate of drug-likeness (QED) is 0.847. The lowest BCUT2D eigenvalue weighted by Gasteiger charge is -2.21. The van der Waals surface area contributed by atoms with Gasteiger partial charge in [0, 0.05) is 10.6 Å². The second kappa shape index (κ2) is 8.06. The maximum absolute atomic E-state index is 12.4. The molecule has 24 heavy (non-hydrogen) atoms. The SMILES string of the molecule is COc1ccc(C)cc1C(C)NC(=O)C(C)Oc1ccc(Cl)cc1. The number of carbonyl (C=O) groups excluding carboxylic acids is 1. The first-order valence-electron chi connectivity index (χ1n) is 7.78. The Morgan fingerprint density at radius 2 is 1.79 bits per heavy atom. The minimum absolute atomic E-state index is 0.191. The molecule has 1 N–H and O–H groups in total. The molecule has 2 unspecified atom stereocenters. The van der Waals surface area contributed by atoms with Crippen molar-refractivity contribution in [1.29, 1.82) is 0 Å². The first-order valence-corrected chi connectivity index (χ1v) is 8.15. The second-order valence-electron chi connectivity index (χ2n) is 5.69. The molecule has 0 saturated carbocycles. The van der Waals surface area contributed by atoms with Crippen LogP contribution in [0.4, 0.5) is 0 Å². The van der Waals surface area contributed by atoms with Crippen molar-refractivity contribution in [3.05, 3.63) is 58.6 Å². The Labute approximate surface area is 147 Å². The average Bonchev–Trinajstić information content (AvgIpc) is 2.56. The molecule has 0 heterocycles. The summed E-state index contributed by atoms with van der Waals surface area (Å²) in [7, 11) is 1.62. The van der Waals surface area contributed by atoms with Crippen LogP contribution in [0.3, 0.4) is 0 Å². The number of carbonyl (C=O) groups is 1. The van der Waals surface area contributed by atoms with Crippen LogP contribution >= 0.6 is 11.6 Å². The fourth-order valence-electron chi connectivity index (χ4n) is 2.37. The number of hydrogen-bond acceptors (Lipinski definition) is 3. The van der Waals surface area contributed by atoms with Crippen LogP contribution in [0.2, 0.25) is 5.02 Å². The lowest BCUT2D eigenvalue weighted by molar-refractivity contribution is -0.127. The summed E-state index contributed by atoms with van der Waals surface area (Å²) in [5, 5.41) is 3.58. The monoisotopic (exact) mass is 347 g/mol. The molecular formula is C19H22ClNO3. The van der Waals surface area contributed by atoms with Gasteiger partial charge < -0.3 is 14.8 Å². The Bertz CT molecular complexity index is 700. The summed E-state index contributed by atoms with van der Waals surface area (Å²) < 4.78 is 11.0. The highest BCUT2D eigenvalue weighted by Crippen LogP contribution is 2.26. The van der Waals surface area contributed by atoms with Crippen molar-refractivity contribution in [2.24, 2.45) is 0 Å². The first kappa shape index (κ1) is 18.1. The molecule has 4 nitrogen and oxygen atoms in total. The third kappa shape index (κ3) is 4.65. The number of ether oxygens (including phenoxy) is 2. The van der Waals surface area contributed by atoms with Crippen LogP contribution in [0.1, 0.15) is 31.0 Å². The third-order valence-corrected chi connectivity index (χ3v) is 3.96. The molecule has 0 bridgehead atoms. The largest absolute Gasteiger partial charge is 0.496 e. The van der Waals surface area contributed by atoms with Crippen LogP contribution < -0.4 is 14.8 Å². The molecule has 128 valence electrons. The van der Waals surface area contributed by atoms with Crippen LogP contribution in [-0.4, -0.2) is 19.1 Å². The molecule has 2 aromatic carbocycles. The molecule has 0 saturated heterocycles. The molecule has 2 rings (SSSR count). The van der Waals surface area contributed by atoms with Crippen molar-refractivity contribution >= 4 is 17.5 Å². The van der Waals surface area contributed by atoms with Crippen molar-refractivity contribution in [1.82, 2.24) is 5.32 Å². The summed E-state index contributed by atoms with van der Waals surface area (Å²) >= 11 is 5.84. The predicted molar refractivity (Wildman–Crippen MR) is 95.8 cm³/mol. The summed E-state index contributed by atoms with van der Waals surface area (Å²) in [6.07, 6.45) is -0.621. The number of aryl methyl sites for hydroxylation is 1. The molecular weight excluding hydrogens is 326 g/mol. The van der Waals surface area contributed by atoms with E-state index < -0.39 is 6.10 Å². The van der Waals surface area contributed by atoms with Crippen molar-refractivity contribution in [2.75, 3.05) is 7.11 Å². The fourth-order valence-corrected chi connectivity index (χ4v) is 2.50. The molecule has 0 aliphatic rings. The van der Waals surface area contributed by atoms with Gasteiger partial charge in [-0.15, -0.1) is 0 Å². The zero-order valence-electron chi connectivity index (χ0n) is 14.3. The zero-order chi connectivity index (χ0) is 17.7. The predicted octanol–water partition coefficient (Wildman–Crippen LogP) is 4.30. The van der Waals surface area contributed by atoms with Gasteiger partial charge >= 0.3 is 0 Å². The minimum Gasteiger partial charge on any atom is -0.496 e. The van der Waals surface area contributed by atoms with Gasteiger partial charge in [0.1, 0.15) is 11.5 Å². The van der Waals surface area contributed by atoms with Gasteiger partial charge in [-0.3, -0.25) is 4.79 Å². The highest BCUT2D eigenvalue weighted by molar-refractivity contribution is 6.30. The fraction of sp³-hybridized carbons (Fsp3) is 0.316. The van der Waals surface area contributed by atoms with Gasteiger partial charge in [0.05, 0.1) is 13.2 Å². The van der Waals surface area contributed by atoms with E-state index in [1.807, 2.05) is 32.0 Å². The van der Waals surface area contributed by atoms with Gasteiger partial charge in [-0.25, -0.2) is 0 Å². The highest BCUT2D eigenvalue weighted by Gasteiger charge is 2.19. The van der Waals surface area contributed by atoms with Crippen molar-refractivity contribution in [2.45, 2.75) is 32.9 Å². The molecule has 0 aliphatic carbocycles. The highest BCUT2D eigenvalue weighted by atomic mass is 35.5. The summed E-state index contributed by atoms with van der Waals surface area (Å²) in [6.45, 7) is 5.64. The summed E-state index contributed by atoms with van der Waals surface area (Å²) in [6, 6.07) is 12.6. The van der Waals surface area contributed by atoms with E-state index in [4.69, 9.17) is 21.1 Å². The number of halogens is 1. The lowest BCUT2D eigenvalue weighted by atomic mass is 10.0. The summed E-state index contributed by atoms with van der Waals surface area (Å²) in [5.41, 5.74) is 2.04. The number of hydrogen-bond donors (Lipinski definition) is 1. The van der Waals surface area contributed by atoms with Crippen molar-refractivity contribution in [3.8, 4) is 11.5 Å². The zero-order valence-corrected chi connectivity index (χ0v) is 15.1. The molecule has 5 heteroatoms. The number of methoxy groups -OCH3 is 1. The van der Waals surface area contributed by atoms with Gasteiger partial charge in [-0.05, 0) is 51.1 Å². The second-order valence-corrected chi connectivity index (χ2v) is 6.13. The minimum atomic E-state index is -0.621. The van der Waals surface area contributed by atoms with Gasteiger partial charge in [0.15, 0.2) is 6.10 Å². The third-order valence-electron chi connectivity index (χ3n) is 3.71. The molecule has 2 atom stereocenters. The lowest BCUT2D eigenvalue weighted by Crippen LogP contribution is -2.37. The number of rotatable bonds is 6. The average molecular weight is 348 g/mol. The Hall–Kier alpha value is -2.20. The Kier molecular flexibility index (Phi) is 6.10. The molecule has 0 aliphatic heterocycles. The van der Waals surface area contributed by atoms with Crippen LogP contribution in [-0.2, 0) is 4.79 Å². The van der Waals surface area contributed by atoms with E-state index in [0.29, 0.717) is 10.8 Å². The van der Waals surface area contributed by atoms with Crippen molar-refractivity contribution < 1.29 is 14.3 Å². The Morgan fingerprint density at radius 3 is 2.42 bits per heavy atom. The Balaban J connectivity index is 2.02.